The Morgan fingerprint density at radius 2 is 2.21 bits per heavy atom. The fraction of sp³-hybridized carbons (Fsp3) is 0.429. The highest BCUT2D eigenvalue weighted by Crippen LogP contribution is 2.30. The Labute approximate surface area is 122 Å². The summed E-state index contributed by atoms with van der Waals surface area (Å²) in [5, 5.41) is 2.78. The van der Waals surface area contributed by atoms with Gasteiger partial charge in [-0.05, 0) is 37.0 Å². The summed E-state index contributed by atoms with van der Waals surface area (Å²) < 4.78 is 1.09. The molecule has 0 saturated carbocycles. The number of benzene rings is 1. The molecule has 3 nitrogen and oxygen atoms in total. The molecule has 0 aliphatic carbocycles. The maximum Gasteiger partial charge on any atom is 0.243 e. The lowest BCUT2D eigenvalue weighted by molar-refractivity contribution is -0.115. The Morgan fingerprint density at radius 3 is 2.84 bits per heavy atom. The zero-order valence-electron chi connectivity index (χ0n) is 11.2. The maximum atomic E-state index is 11.5. The molecule has 0 saturated heterocycles. The molecule has 2 rings (SSSR count). The van der Waals surface area contributed by atoms with Crippen LogP contribution in [0.3, 0.4) is 0 Å². The van der Waals surface area contributed by atoms with Crippen LogP contribution in [0.5, 0.6) is 0 Å². The van der Waals surface area contributed by atoms with Crippen molar-refractivity contribution in [3.8, 4) is 0 Å². The van der Waals surface area contributed by atoms with Gasteiger partial charge in [0.15, 0.2) is 5.13 Å². The van der Waals surface area contributed by atoms with Crippen molar-refractivity contribution in [1.29, 1.82) is 0 Å². The van der Waals surface area contributed by atoms with Gasteiger partial charge >= 0.3 is 0 Å². The highest BCUT2D eigenvalue weighted by atomic mass is 35.5. The summed E-state index contributed by atoms with van der Waals surface area (Å²) in [6, 6.07) is 6.26. The Kier molecular flexibility index (Phi) is 4.42. The zero-order valence-corrected chi connectivity index (χ0v) is 12.8. The van der Waals surface area contributed by atoms with E-state index >= 15 is 0 Å². The molecule has 2 aromatic rings. The van der Waals surface area contributed by atoms with E-state index in [1.54, 1.807) is 6.92 Å². The molecule has 1 N–H and O–H groups in total. The van der Waals surface area contributed by atoms with E-state index < -0.39 is 5.38 Å². The number of amides is 1. The smallest absolute Gasteiger partial charge is 0.243 e. The second-order valence-electron chi connectivity index (χ2n) is 4.66. The van der Waals surface area contributed by atoms with Crippen LogP contribution in [0.4, 0.5) is 5.13 Å². The minimum Gasteiger partial charge on any atom is -0.301 e. The SMILES string of the molecule is CC[C@@H](C)c1ccc2nc(NC(=O)[C@H](C)Cl)sc2c1. The molecule has 0 spiro atoms. The van der Waals surface area contributed by atoms with Gasteiger partial charge in [-0.3, -0.25) is 4.79 Å². The average molecular weight is 297 g/mol. The van der Waals surface area contributed by atoms with Gasteiger partial charge in [0.2, 0.25) is 5.91 Å². The second-order valence-corrected chi connectivity index (χ2v) is 6.35. The van der Waals surface area contributed by atoms with Crippen molar-refractivity contribution in [3.63, 3.8) is 0 Å². The minimum atomic E-state index is -0.553. The van der Waals surface area contributed by atoms with Gasteiger partial charge in [0.05, 0.1) is 10.2 Å². The van der Waals surface area contributed by atoms with Crippen molar-refractivity contribution in [2.45, 2.75) is 38.5 Å². The van der Waals surface area contributed by atoms with Crippen LogP contribution >= 0.6 is 22.9 Å². The predicted octanol–water partition coefficient (Wildman–Crippen LogP) is 4.38. The van der Waals surface area contributed by atoms with Crippen LogP contribution < -0.4 is 5.32 Å². The van der Waals surface area contributed by atoms with E-state index in [2.05, 4.69) is 36.3 Å². The third-order valence-corrected chi connectivity index (χ3v) is 4.32. The lowest BCUT2D eigenvalue weighted by Crippen LogP contribution is -2.19. The van der Waals surface area contributed by atoms with Gasteiger partial charge < -0.3 is 5.32 Å². The van der Waals surface area contributed by atoms with Crippen molar-refractivity contribution in [2.75, 3.05) is 5.32 Å². The van der Waals surface area contributed by atoms with Gasteiger partial charge in [0, 0.05) is 0 Å². The first-order chi connectivity index (χ1) is 9.01. The molecule has 2 atom stereocenters. The standard InChI is InChI=1S/C14H17ClN2OS/c1-4-8(2)10-5-6-11-12(7-10)19-14(16-11)17-13(18)9(3)15/h5-9H,4H2,1-3H3,(H,16,17,18)/t8-,9+/m1/s1. The highest BCUT2D eigenvalue weighted by molar-refractivity contribution is 7.22. The van der Waals surface area contributed by atoms with Crippen LogP contribution in [-0.4, -0.2) is 16.3 Å². The first-order valence-electron chi connectivity index (χ1n) is 6.36. The van der Waals surface area contributed by atoms with Crippen molar-refractivity contribution in [3.05, 3.63) is 23.8 Å². The third-order valence-electron chi connectivity index (χ3n) is 3.19. The van der Waals surface area contributed by atoms with Crippen LogP contribution in [0, 0.1) is 0 Å². The number of anilines is 1. The molecule has 0 aliphatic heterocycles. The Hall–Kier alpha value is -1.13. The topological polar surface area (TPSA) is 42.0 Å². The van der Waals surface area contributed by atoms with Gasteiger partial charge in [-0.2, -0.15) is 0 Å². The lowest BCUT2D eigenvalue weighted by Gasteiger charge is -2.07. The average Bonchev–Trinajstić information content (AvgIpc) is 2.78. The van der Waals surface area contributed by atoms with Crippen molar-refractivity contribution >= 4 is 44.2 Å². The summed E-state index contributed by atoms with van der Waals surface area (Å²) in [4.78, 5) is 15.9. The summed E-state index contributed by atoms with van der Waals surface area (Å²) in [7, 11) is 0. The number of halogens is 1. The largest absolute Gasteiger partial charge is 0.301 e. The molecule has 0 fully saturated rings. The lowest BCUT2D eigenvalue weighted by atomic mass is 9.99. The first kappa shape index (κ1) is 14.3. The number of nitrogens with one attached hydrogen (secondary N) is 1. The predicted molar refractivity (Wildman–Crippen MR) is 82.3 cm³/mol. The van der Waals surface area contributed by atoms with Gasteiger partial charge in [0.25, 0.3) is 0 Å². The Morgan fingerprint density at radius 1 is 1.47 bits per heavy atom. The number of alkyl halides is 1. The van der Waals surface area contributed by atoms with Crippen molar-refractivity contribution < 1.29 is 4.79 Å². The molecule has 1 amide bonds. The molecular formula is C14H17ClN2OS. The van der Waals surface area contributed by atoms with Crippen LogP contribution in [0.25, 0.3) is 10.2 Å². The van der Waals surface area contributed by atoms with Crippen LogP contribution in [0.2, 0.25) is 0 Å². The molecule has 1 heterocycles. The van der Waals surface area contributed by atoms with Crippen LogP contribution in [0.15, 0.2) is 18.2 Å². The van der Waals surface area contributed by atoms with Crippen molar-refractivity contribution in [1.82, 2.24) is 4.98 Å². The molecule has 1 aromatic heterocycles. The van der Waals surface area contributed by atoms with Gasteiger partial charge in [-0.1, -0.05) is 31.3 Å². The number of thiazole rings is 1. The van der Waals surface area contributed by atoms with E-state index in [0.29, 0.717) is 11.0 Å². The van der Waals surface area contributed by atoms with Crippen molar-refractivity contribution in [2.24, 2.45) is 0 Å². The first-order valence-corrected chi connectivity index (χ1v) is 7.62. The van der Waals surface area contributed by atoms with E-state index in [1.807, 2.05) is 6.07 Å². The zero-order chi connectivity index (χ0) is 14.0. The van der Waals surface area contributed by atoms with E-state index in [1.165, 1.54) is 16.9 Å². The van der Waals surface area contributed by atoms with Crippen LogP contribution in [0.1, 0.15) is 38.7 Å². The molecule has 5 heteroatoms. The molecule has 19 heavy (non-hydrogen) atoms. The maximum absolute atomic E-state index is 11.5. The number of fused-ring (bicyclic) bond motifs is 1. The third kappa shape index (κ3) is 3.25. The Balaban J connectivity index is 2.28. The molecule has 0 unspecified atom stereocenters. The molecule has 1 aromatic carbocycles. The van der Waals surface area contributed by atoms with Gasteiger partial charge in [-0.25, -0.2) is 4.98 Å². The molecule has 102 valence electrons. The number of hydrogen-bond acceptors (Lipinski definition) is 3. The fourth-order valence-corrected chi connectivity index (χ4v) is 2.71. The number of nitrogens with zero attached hydrogens (tertiary/aromatic N) is 1. The molecule has 0 radical (unpaired) electrons. The summed E-state index contributed by atoms with van der Waals surface area (Å²) >= 11 is 7.21. The van der Waals surface area contributed by atoms with E-state index in [0.717, 1.165) is 16.6 Å². The number of hydrogen-bond donors (Lipinski definition) is 1. The summed E-state index contributed by atoms with van der Waals surface area (Å²) in [6.07, 6.45) is 1.11. The quantitative estimate of drug-likeness (QED) is 0.851. The summed E-state index contributed by atoms with van der Waals surface area (Å²) in [5.41, 5.74) is 2.22. The normalized spacial score (nSPS) is 14.3. The fourth-order valence-electron chi connectivity index (χ4n) is 1.74. The van der Waals surface area contributed by atoms with Gasteiger partial charge in [-0.15, -0.1) is 11.6 Å². The van der Waals surface area contributed by atoms with Crippen LogP contribution in [-0.2, 0) is 4.79 Å². The molecular weight excluding hydrogens is 280 g/mol. The molecule has 0 aliphatic rings. The number of carbonyl (C=O) groups excluding carboxylic acids is 1. The summed E-state index contributed by atoms with van der Waals surface area (Å²) in [6.45, 7) is 6.03. The van der Waals surface area contributed by atoms with E-state index in [-0.39, 0.29) is 5.91 Å². The number of carbonyl (C=O) groups is 1. The molecule has 0 bridgehead atoms. The monoisotopic (exact) mass is 296 g/mol. The summed E-state index contributed by atoms with van der Waals surface area (Å²) in [5.74, 6) is 0.315. The van der Waals surface area contributed by atoms with Gasteiger partial charge in [0.1, 0.15) is 5.38 Å². The minimum absolute atomic E-state index is 0.220. The number of aromatic nitrogens is 1. The second kappa shape index (κ2) is 5.88. The Bertz CT molecular complexity index is 594. The number of rotatable bonds is 4. The highest BCUT2D eigenvalue weighted by Gasteiger charge is 2.13. The van der Waals surface area contributed by atoms with E-state index in [9.17, 15) is 4.79 Å². The van der Waals surface area contributed by atoms with E-state index in [4.69, 9.17) is 11.6 Å².